The molecule has 3 heterocycles. The molecular weight excluding hydrogens is 340 g/mol. The molecule has 0 bridgehead atoms. The molecule has 0 spiro atoms. The quantitative estimate of drug-likeness (QED) is 0.893. The fourth-order valence-corrected chi connectivity index (χ4v) is 3.98. The van der Waals surface area contributed by atoms with E-state index in [1.807, 2.05) is 32.0 Å². The fraction of sp³-hybridized carbons (Fsp3) is 0.524. The number of rotatable bonds is 4. The van der Waals surface area contributed by atoms with Crippen LogP contribution in [-0.4, -0.2) is 58.8 Å². The summed E-state index contributed by atoms with van der Waals surface area (Å²) in [5.74, 6) is 1.78. The molecule has 1 aromatic carbocycles. The molecule has 6 nitrogen and oxygen atoms in total. The van der Waals surface area contributed by atoms with Crippen LogP contribution >= 0.6 is 0 Å². The highest BCUT2D eigenvalue weighted by Gasteiger charge is 2.24. The minimum absolute atomic E-state index is 0.230. The van der Waals surface area contributed by atoms with Gasteiger partial charge in [-0.1, -0.05) is 6.07 Å². The number of aliphatic hydroxyl groups excluding tert-OH is 1. The molecule has 0 radical (unpaired) electrons. The Morgan fingerprint density at radius 3 is 2.52 bits per heavy atom. The van der Waals surface area contributed by atoms with Crippen molar-refractivity contribution in [2.45, 2.75) is 39.4 Å². The van der Waals surface area contributed by atoms with Gasteiger partial charge in [0.2, 0.25) is 5.95 Å². The van der Waals surface area contributed by atoms with E-state index < -0.39 is 6.10 Å². The number of aromatic nitrogens is 2. The smallest absolute Gasteiger partial charge is 0.225 e. The molecule has 2 atom stereocenters. The van der Waals surface area contributed by atoms with Gasteiger partial charge in [-0.05, 0) is 50.1 Å². The van der Waals surface area contributed by atoms with Crippen molar-refractivity contribution in [3.05, 3.63) is 46.8 Å². The van der Waals surface area contributed by atoms with Crippen molar-refractivity contribution < 1.29 is 9.84 Å². The first kappa shape index (κ1) is 18.2. The third-order valence-electron chi connectivity index (χ3n) is 5.36. The zero-order valence-electron chi connectivity index (χ0n) is 16.4. The first-order valence-corrected chi connectivity index (χ1v) is 9.75. The maximum absolute atomic E-state index is 10.7. The standard InChI is InChI=1S/C21H28N4O2/c1-14-10-15(2)23-21(22-14)25-8-6-24(7-9-25)13-19(26)17-4-5-20-18(12-17)11-16(3)27-20/h4-5,10,12,16,19,26H,6-9,11,13H2,1-3H3/t16-,19-/m0/s1. The summed E-state index contributed by atoms with van der Waals surface area (Å²) in [6, 6.07) is 8.08. The monoisotopic (exact) mass is 368 g/mol. The minimum Gasteiger partial charge on any atom is -0.490 e. The molecule has 0 unspecified atom stereocenters. The minimum atomic E-state index is -0.477. The molecule has 27 heavy (non-hydrogen) atoms. The second kappa shape index (κ2) is 7.44. The molecule has 0 aliphatic carbocycles. The zero-order valence-corrected chi connectivity index (χ0v) is 16.4. The highest BCUT2D eigenvalue weighted by Crippen LogP contribution is 2.31. The van der Waals surface area contributed by atoms with Gasteiger partial charge in [0.25, 0.3) is 0 Å². The Kier molecular flexibility index (Phi) is 5.02. The zero-order chi connectivity index (χ0) is 19.0. The summed E-state index contributed by atoms with van der Waals surface area (Å²) < 4.78 is 5.75. The van der Waals surface area contributed by atoms with E-state index in [9.17, 15) is 5.11 Å². The van der Waals surface area contributed by atoms with Crippen molar-refractivity contribution in [3.63, 3.8) is 0 Å². The number of hydrogen-bond donors (Lipinski definition) is 1. The Morgan fingerprint density at radius 1 is 1.11 bits per heavy atom. The van der Waals surface area contributed by atoms with E-state index in [4.69, 9.17) is 4.74 Å². The summed E-state index contributed by atoms with van der Waals surface area (Å²) in [7, 11) is 0. The van der Waals surface area contributed by atoms with Crippen LogP contribution in [0.3, 0.4) is 0 Å². The lowest BCUT2D eigenvalue weighted by atomic mass is 10.0. The summed E-state index contributed by atoms with van der Waals surface area (Å²) in [6.07, 6.45) is 0.674. The summed E-state index contributed by atoms with van der Waals surface area (Å²) in [6.45, 7) is 10.3. The number of β-amino-alcohol motifs (C(OH)–C–C–N with tert-alkyl or cyclic N) is 1. The molecular formula is C21H28N4O2. The van der Waals surface area contributed by atoms with Crippen LogP contribution in [0, 0.1) is 13.8 Å². The number of anilines is 1. The number of aryl methyl sites for hydroxylation is 2. The summed E-state index contributed by atoms with van der Waals surface area (Å²) >= 11 is 0. The Balaban J connectivity index is 1.34. The lowest BCUT2D eigenvalue weighted by molar-refractivity contribution is 0.109. The first-order valence-electron chi connectivity index (χ1n) is 9.75. The number of aliphatic hydroxyl groups is 1. The summed E-state index contributed by atoms with van der Waals surface area (Å²) in [5, 5.41) is 10.7. The molecule has 1 saturated heterocycles. The second-order valence-corrected chi connectivity index (χ2v) is 7.75. The predicted octanol–water partition coefficient (Wildman–Crippen LogP) is 2.27. The van der Waals surface area contributed by atoms with Gasteiger partial charge in [0, 0.05) is 50.5 Å². The highest BCUT2D eigenvalue weighted by atomic mass is 16.5. The van der Waals surface area contributed by atoms with E-state index in [0.717, 1.165) is 61.2 Å². The van der Waals surface area contributed by atoms with Crippen molar-refractivity contribution in [3.8, 4) is 5.75 Å². The van der Waals surface area contributed by atoms with Crippen LogP contribution in [-0.2, 0) is 6.42 Å². The van der Waals surface area contributed by atoms with Gasteiger partial charge in [0.1, 0.15) is 11.9 Å². The normalized spacial score (nSPS) is 21.0. The maximum Gasteiger partial charge on any atom is 0.225 e. The molecule has 1 aromatic heterocycles. The van der Waals surface area contributed by atoms with Gasteiger partial charge < -0.3 is 14.7 Å². The molecule has 1 N–H and O–H groups in total. The van der Waals surface area contributed by atoms with Crippen molar-refractivity contribution >= 4 is 5.95 Å². The van der Waals surface area contributed by atoms with Crippen molar-refractivity contribution in [2.75, 3.05) is 37.6 Å². The van der Waals surface area contributed by atoms with Gasteiger partial charge >= 0.3 is 0 Å². The van der Waals surface area contributed by atoms with E-state index in [-0.39, 0.29) is 6.10 Å². The van der Waals surface area contributed by atoms with Gasteiger partial charge in [-0.3, -0.25) is 4.90 Å². The van der Waals surface area contributed by atoms with Crippen molar-refractivity contribution in [1.29, 1.82) is 0 Å². The molecule has 144 valence electrons. The highest BCUT2D eigenvalue weighted by molar-refractivity contribution is 5.41. The molecule has 2 aromatic rings. The van der Waals surface area contributed by atoms with E-state index in [2.05, 4.69) is 32.8 Å². The number of fused-ring (bicyclic) bond motifs is 1. The number of benzene rings is 1. The van der Waals surface area contributed by atoms with Crippen molar-refractivity contribution in [1.82, 2.24) is 14.9 Å². The Hall–Kier alpha value is -2.18. The SMILES string of the molecule is Cc1cc(C)nc(N2CCN(C[C@H](O)c3ccc4c(c3)C[C@H](C)O4)CC2)n1. The number of piperazine rings is 1. The average Bonchev–Trinajstić information content (AvgIpc) is 3.00. The van der Waals surface area contributed by atoms with Gasteiger partial charge in [0.15, 0.2) is 0 Å². The van der Waals surface area contributed by atoms with E-state index in [1.165, 1.54) is 5.56 Å². The van der Waals surface area contributed by atoms with Crippen molar-refractivity contribution in [2.24, 2.45) is 0 Å². The lowest BCUT2D eigenvalue weighted by Gasteiger charge is -2.35. The van der Waals surface area contributed by atoms with Crippen LogP contribution in [0.25, 0.3) is 0 Å². The van der Waals surface area contributed by atoms with Crippen LogP contribution in [0.5, 0.6) is 5.75 Å². The summed E-state index contributed by atoms with van der Waals surface area (Å²) in [4.78, 5) is 13.7. The van der Waals surface area contributed by atoms with Gasteiger partial charge in [0.05, 0.1) is 6.10 Å². The third-order valence-corrected chi connectivity index (χ3v) is 5.36. The van der Waals surface area contributed by atoms with Crippen LogP contribution < -0.4 is 9.64 Å². The van der Waals surface area contributed by atoms with Crippen LogP contribution in [0.1, 0.15) is 35.5 Å². The molecule has 0 saturated carbocycles. The number of hydrogen-bond acceptors (Lipinski definition) is 6. The Labute approximate surface area is 160 Å². The van der Waals surface area contributed by atoms with Gasteiger partial charge in [-0.2, -0.15) is 0 Å². The molecule has 2 aliphatic rings. The first-order chi connectivity index (χ1) is 13.0. The maximum atomic E-state index is 10.7. The number of nitrogens with zero attached hydrogens (tertiary/aromatic N) is 4. The Morgan fingerprint density at radius 2 is 1.81 bits per heavy atom. The molecule has 1 fully saturated rings. The molecule has 4 rings (SSSR count). The summed E-state index contributed by atoms with van der Waals surface area (Å²) in [5.41, 5.74) is 4.19. The third kappa shape index (κ3) is 4.06. The van der Waals surface area contributed by atoms with Gasteiger partial charge in [-0.25, -0.2) is 9.97 Å². The van der Waals surface area contributed by atoms with Crippen LogP contribution in [0.2, 0.25) is 0 Å². The fourth-order valence-electron chi connectivity index (χ4n) is 3.98. The van der Waals surface area contributed by atoms with Gasteiger partial charge in [-0.15, -0.1) is 0 Å². The average molecular weight is 368 g/mol. The molecule has 2 aliphatic heterocycles. The van der Waals surface area contributed by atoms with Crippen LogP contribution in [0.15, 0.2) is 24.3 Å². The predicted molar refractivity (Wildman–Crippen MR) is 105 cm³/mol. The Bertz CT molecular complexity index is 798. The van der Waals surface area contributed by atoms with E-state index in [1.54, 1.807) is 0 Å². The topological polar surface area (TPSA) is 61.7 Å². The molecule has 0 amide bonds. The molecule has 6 heteroatoms. The largest absolute Gasteiger partial charge is 0.490 e. The van der Waals surface area contributed by atoms with Crippen LogP contribution in [0.4, 0.5) is 5.95 Å². The number of ether oxygens (including phenoxy) is 1. The lowest BCUT2D eigenvalue weighted by Crippen LogP contribution is -2.48. The van der Waals surface area contributed by atoms with E-state index >= 15 is 0 Å². The van der Waals surface area contributed by atoms with E-state index in [0.29, 0.717) is 6.54 Å². The second-order valence-electron chi connectivity index (χ2n) is 7.75.